The average Bonchev–Trinajstić information content (AvgIpc) is 2.91. The number of carboxylic acid groups (broad SMARTS) is 1. The Morgan fingerprint density at radius 1 is 0.953 bits per heavy atom. The van der Waals surface area contributed by atoms with E-state index >= 15 is 8.78 Å². The lowest BCUT2D eigenvalue weighted by molar-refractivity contribution is -0.137. The van der Waals surface area contributed by atoms with Crippen LogP contribution in [-0.2, 0) is 16.0 Å². The van der Waals surface area contributed by atoms with Gasteiger partial charge in [-0.15, -0.1) is 0 Å². The highest BCUT2D eigenvalue weighted by atomic mass is 19.1. The number of likely N-dealkylation sites (N-methyl/N-ethyl adjacent to an activating group) is 1. The maximum absolute atomic E-state index is 15.7. The number of aliphatic carboxylic acids is 1. The van der Waals surface area contributed by atoms with Gasteiger partial charge in [0.2, 0.25) is 0 Å². The molecule has 0 bridgehead atoms. The van der Waals surface area contributed by atoms with Crippen LogP contribution in [0.15, 0.2) is 41.3 Å². The third kappa shape index (κ3) is 8.05. The highest BCUT2D eigenvalue weighted by Gasteiger charge is 2.31. The van der Waals surface area contributed by atoms with Crippen LogP contribution >= 0.6 is 0 Å². The fraction of sp³-hybridized carbons (Fsp3) is 0.457. The smallest absolute Gasteiger partial charge is 0.303 e. The first kappa shape index (κ1) is 33.8. The molecule has 232 valence electrons. The quantitative estimate of drug-likeness (QED) is 0.232. The van der Waals surface area contributed by atoms with Crippen LogP contribution in [0.25, 0.3) is 11.1 Å². The van der Waals surface area contributed by atoms with E-state index in [1.807, 2.05) is 64.9 Å². The number of carbonyl (C=O) groups is 2. The van der Waals surface area contributed by atoms with Crippen molar-refractivity contribution in [2.24, 2.45) is 5.92 Å². The van der Waals surface area contributed by atoms with Crippen LogP contribution in [0, 0.1) is 45.2 Å². The zero-order chi connectivity index (χ0) is 32.2. The molecular weight excluding hydrogens is 550 g/mol. The topological polar surface area (TPSA) is 79.6 Å². The SMILES string of the molecule is Cc1cc(-c2c(C)cccc2C)cc([C@H](CC(=O)O)CC(=O)C(CC(C)C)n2cc(CCN(C)C)c(C)c(F)c2=O)c1F. The number of rotatable bonds is 13. The molecule has 1 N–H and O–H groups in total. The van der Waals surface area contributed by atoms with E-state index in [2.05, 4.69) is 0 Å². The number of nitrogens with zero attached hydrogens (tertiary/aromatic N) is 2. The fourth-order valence-electron chi connectivity index (χ4n) is 5.80. The minimum Gasteiger partial charge on any atom is -0.481 e. The minimum absolute atomic E-state index is 0.0281. The largest absolute Gasteiger partial charge is 0.481 e. The van der Waals surface area contributed by atoms with Gasteiger partial charge in [-0.2, -0.15) is 0 Å². The van der Waals surface area contributed by atoms with Crippen LogP contribution in [0.2, 0.25) is 0 Å². The van der Waals surface area contributed by atoms with Gasteiger partial charge in [0.25, 0.3) is 5.56 Å². The lowest BCUT2D eigenvalue weighted by Gasteiger charge is -2.25. The second-order valence-electron chi connectivity index (χ2n) is 12.4. The Hall–Kier alpha value is -3.65. The monoisotopic (exact) mass is 594 g/mol. The summed E-state index contributed by atoms with van der Waals surface area (Å²) in [6.45, 7) is 11.5. The molecule has 0 aliphatic heterocycles. The molecule has 0 saturated carbocycles. The predicted octanol–water partition coefficient (Wildman–Crippen LogP) is 6.94. The molecule has 0 aliphatic carbocycles. The number of carbonyl (C=O) groups excluding carboxylic acids is 1. The van der Waals surface area contributed by atoms with Crippen LogP contribution in [0.5, 0.6) is 0 Å². The van der Waals surface area contributed by atoms with Crippen LogP contribution in [-0.4, -0.2) is 47.0 Å². The normalized spacial score (nSPS) is 13.0. The molecule has 3 rings (SSSR count). The van der Waals surface area contributed by atoms with E-state index in [9.17, 15) is 19.5 Å². The summed E-state index contributed by atoms with van der Waals surface area (Å²) in [6, 6.07) is 8.21. The highest BCUT2D eigenvalue weighted by molar-refractivity contribution is 5.84. The van der Waals surface area contributed by atoms with E-state index in [1.165, 1.54) is 4.57 Å². The Morgan fingerprint density at radius 3 is 2.14 bits per heavy atom. The Labute approximate surface area is 253 Å². The van der Waals surface area contributed by atoms with E-state index in [-0.39, 0.29) is 29.9 Å². The molecule has 1 aromatic heterocycles. The second kappa shape index (κ2) is 14.2. The number of ketones is 1. The van der Waals surface area contributed by atoms with E-state index in [0.717, 1.165) is 22.3 Å². The van der Waals surface area contributed by atoms with Crippen molar-refractivity contribution in [3.8, 4) is 11.1 Å². The van der Waals surface area contributed by atoms with Crippen molar-refractivity contribution in [3.05, 3.63) is 91.9 Å². The van der Waals surface area contributed by atoms with Crippen molar-refractivity contribution in [2.75, 3.05) is 20.6 Å². The number of pyridine rings is 1. The number of hydrogen-bond acceptors (Lipinski definition) is 4. The summed E-state index contributed by atoms with van der Waals surface area (Å²) in [6.07, 6.45) is 1.50. The molecule has 0 amide bonds. The molecule has 3 aromatic rings. The van der Waals surface area contributed by atoms with Crippen molar-refractivity contribution >= 4 is 11.8 Å². The van der Waals surface area contributed by atoms with Crippen molar-refractivity contribution in [1.29, 1.82) is 0 Å². The average molecular weight is 595 g/mol. The summed E-state index contributed by atoms with van der Waals surface area (Å²) in [4.78, 5) is 41.2. The zero-order valence-electron chi connectivity index (χ0n) is 26.6. The van der Waals surface area contributed by atoms with Crippen molar-refractivity contribution < 1.29 is 23.5 Å². The number of aryl methyl sites for hydroxylation is 3. The number of hydrogen-bond donors (Lipinski definition) is 1. The Balaban J connectivity index is 2.12. The van der Waals surface area contributed by atoms with Gasteiger partial charge in [-0.1, -0.05) is 32.0 Å². The van der Waals surface area contributed by atoms with Gasteiger partial charge in [-0.3, -0.25) is 14.4 Å². The number of carboxylic acids is 1. The number of benzene rings is 2. The first-order chi connectivity index (χ1) is 20.1. The Morgan fingerprint density at radius 2 is 1.58 bits per heavy atom. The molecule has 1 heterocycles. The zero-order valence-corrected chi connectivity index (χ0v) is 26.6. The summed E-state index contributed by atoms with van der Waals surface area (Å²) < 4.78 is 32.1. The number of Topliss-reactive ketones (excluding diaryl/α,β-unsaturated/α-hetero) is 1. The van der Waals surface area contributed by atoms with Gasteiger partial charge in [0.15, 0.2) is 11.6 Å². The summed E-state index contributed by atoms with van der Waals surface area (Å²) in [5, 5.41) is 9.80. The van der Waals surface area contributed by atoms with Crippen LogP contribution in [0.3, 0.4) is 0 Å². The standard InChI is InChI=1S/C35H44F2N2O4/c1-20(2)14-29(39-19-25(12-13-38(7)8)24(6)34(37)35(39)43)30(40)17-26(18-31(41)42)28-16-27(15-23(5)33(28)36)32-21(3)10-9-11-22(32)4/h9-11,15-16,19-20,26,29H,12-14,17-18H2,1-8H3,(H,41,42)/t26-,29?/m0/s1. The van der Waals surface area contributed by atoms with Crippen LogP contribution < -0.4 is 5.56 Å². The molecule has 0 radical (unpaired) electrons. The fourth-order valence-corrected chi connectivity index (χ4v) is 5.80. The maximum atomic E-state index is 15.7. The van der Waals surface area contributed by atoms with Gasteiger partial charge in [0.1, 0.15) is 5.82 Å². The lowest BCUT2D eigenvalue weighted by atomic mass is 9.84. The van der Waals surface area contributed by atoms with E-state index in [0.29, 0.717) is 24.1 Å². The summed E-state index contributed by atoms with van der Waals surface area (Å²) in [5.41, 5.74) is 4.13. The molecule has 6 nitrogen and oxygen atoms in total. The molecule has 0 spiro atoms. The molecule has 0 saturated heterocycles. The predicted molar refractivity (Wildman–Crippen MR) is 167 cm³/mol. The first-order valence-electron chi connectivity index (χ1n) is 14.8. The molecule has 2 aromatic carbocycles. The van der Waals surface area contributed by atoms with Gasteiger partial charge >= 0.3 is 5.97 Å². The van der Waals surface area contributed by atoms with Crippen molar-refractivity contribution in [3.63, 3.8) is 0 Å². The summed E-state index contributed by atoms with van der Waals surface area (Å²) in [5.74, 6) is -4.07. The molecule has 0 fully saturated rings. The van der Waals surface area contributed by atoms with Crippen molar-refractivity contribution in [1.82, 2.24) is 9.47 Å². The molecule has 1 unspecified atom stereocenters. The van der Waals surface area contributed by atoms with Gasteiger partial charge in [0.05, 0.1) is 12.5 Å². The summed E-state index contributed by atoms with van der Waals surface area (Å²) >= 11 is 0. The molecule has 2 atom stereocenters. The second-order valence-corrected chi connectivity index (χ2v) is 12.4. The van der Waals surface area contributed by atoms with Crippen LogP contribution in [0.4, 0.5) is 8.78 Å². The number of halogens is 2. The van der Waals surface area contributed by atoms with Gasteiger partial charge in [-0.05, 0) is 117 Å². The van der Waals surface area contributed by atoms with Gasteiger partial charge in [-0.25, -0.2) is 8.78 Å². The first-order valence-corrected chi connectivity index (χ1v) is 14.8. The molecule has 0 aliphatic rings. The third-order valence-corrected chi connectivity index (χ3v) is 8.12. The van der Waals surface area contributed by atoms with E-state index in [1.54, 1.807) is 32.2 Å². The van der Waals surface area contributed by atoms with E-state index < -0.39 is 47.3 Å². The van der Waals surface area contributed by atoms with Gasteiger partial charge in [0, 0.05) is 25.1 Å². The molecule has 43 heavy (non-hydrogen) atoms. The Bertz CT molecular complexity index is 1540. The third-order valence-electron chi connectivity index (χ3n) is 8.12. The van der Waals surface area contributed by atoms with Crippen molar-refractivity contribution in [2.45, 2.75) is 79.2 Å². The Kier molecular flexibility index (Phi) is 11.2. The van der Waals surface area contributed by atoms with Crippen LogP contribution in [0.1, 0.15) is 78.5 Å². The molecular formula is C35H44F2N2O4. The number of aromatic nitrogens is 1. The van der Waals surface area contributed by atoms with E-state index in [4.69, 9.17) is 0 Å². The van der Waals surface area contributed by atoms with Gasteiger partial charge < -0.3 is 14.6 Å². The lowest BCUT2D eigenvalue weighted by Crippen LogP contribution is -2.34. The summed E-state index contributed by atoms with van der Waals surface area (Å²) in [7, 11) is 3.79. The maximum Gasteiger partial charge on any atom is 0.303 e. The highest BCUT2D eigenvalue weighted by Crippen LogP contribution is 2.36. The minimum atomic E-state index is -1.17. The molecule has 8 heteroatoms.